The number of nitrogens with zero attached hydrogens (tertiary/aromatic N) is 5. The minimum atomic E-state index is 0.437. The first-order valence-corrected chi connectivity index (χ1v) is 8.06. The van der Waals surface area contributed by atoms with Crippen LogP contribution in [0.15, 0.2) is 48.7 Å². The summed E-state index contributed by atoms with van der Waals surface area (Å²) in [6.45, 7) is 2.58. The standard InChI is InChI=1S/C17H20N6/c1-2-6-14(7-3-1)12-23-17(19-20-21-23)13-22-11-5-9-16(22)15-8-4-10-18-15/h1-4,6-8,10,16,18H,5,9,11-13H2/t16-/m1/s1. The van der Waals surface area contributed by atoms with E-state index in [0.29, 0.717) is 12.6 Å². The molecular formula is C17H20N6. The fraction of sp³-hybridized carbons (Fsp3) is 0.353. The van der Waals surface area contributed by atoms with Crippen molar-refractivity contribution in [3.63, 3.8) is 0 Å². The van der Waals surface area contributed by atoms with Crippen LogP contribution in [0, 0.1) is 0 Å². The topological polar surface area (TPSA) is 62.6 Å². The van der Waals surface area contributed by atoms with Crippen LogP contribution in [0.25, 0.3) is 0 Å². The number of H-pyrrole nitrogens is 1. The molecule has 118 valence electrons. The molecule has 1 N–H and O–H groups in total. The molecule has 0 spiro atoms. The highest BCUT2D eigenvalue weighted by Gasteiger charge is 2.28. The molecule has 3 aromatic rings. The van der Waals surface area contributed by atoms with E-state index >= 15 is 0 Å². The highest BCUT2D eigenvalue weighted by atomic mass is 15.5. The minimum absolute atomic E-state index is 0.437. The van der Waals surface area contributed by atoms with Crippen molar-refractivity contribution in [2.45, 2.75) is 32.0 Å². The SMILES string of the molecule is c1ccc(Cn2nnnc2CN2CCC[C@@H]2c2ccc[nH]2)cc1. The molecule has 1 saturated heterocycles. The third-order valence-electron chi connectivity index (χ3n) is 4.47. The molecule has 0 aliphatic carbocycles. The summed E-state index contributed by atoms with van der Waals surface area (Å²) >= 11 is 0. The van der Waals surface area contributed by atoms with Crippen molar-refractivity contribution in [1.29, 1.82) is 0 Å². The molecule has 23 heavy (non-hydrogen) atoms. The zero-order valence-corrected chi connectivity index (χ0v) is 13.0. The lowest BCUT2D eigenvalue weighted by Gasteiger charge is -2.23. The molecule has 3 heterocycles. The van der Waals surface area contributed by atoms with Gasteiger partial charge in [-0.2, -0.15) is 0 Å². The Hall–Kier alpha value is -2.47. The van der Waals surface area contributed by atoms with E-state index in [9.17, 15) is 0 Å². The van der Waals surface area contributed by atoms with Gasteiger partial charge in [0.15, 0.2) is 5.82 Å². The minimum Gasteiger partial charge on any atom is -0.364 e. The lowest BCUT2D eigenvalue weighted by Crippen LogP contribution is -2.25. The van der Waals surface area contributed by atoms with Crippen molar-refractivity contribution in [2.24, 2.45) is 0 Å². The number of tetrazole rings is 1. The quantitative estimate of drug-likeness (QED) is 0.786. The van der Waals surface area contributed by atoms with Gasteiger partial charge in [0, 0.05) is 11.9 Å². The molecule has 1 aromatic carbocycles. The highest BCUT2D eigenvalue weighted by Crippen LogP contribution is 2.31. The van der Waals surface area contributed by atoms with Crippen molar-refractivity contribution >= 4 is 0 Å². The Bertz CT molecular complexity index is 734. The molecule has 1 aliphatic rings. The first kappa shape index (κ1) is 14.1. The van der Waals surface area contributed by atoms with E-state index in [1.165, 1.54) is 24.1 Å². The molecular weight excluding hydrogens is 288 g/mol. The van der Waals surface area contributed by atoms with Gasteiger partial charge in [-0.1, -0.05) is 30.3 Å². The molecule has 1 atom stereocenters. The van der Waals surface area contributed by atoms with Gasteiger partial charge in [0.1, 0.15) is 0 Å². The molecule has 1 fully saturated rings. The summed E-state index contributed by atoms with van der Waals surface area (Å²) < 4.78 is 1.90. The molecule has 0 unspecified atom stereocenters. The zero-order valence-electron chi connectivity index (χ0n) is 13.0. The second kappa shape index (κ2) is 6.34. The van der Waals surface area contributed by atoms with Crippen LogP contribution >= 0.6 is 0 Å². The molecule has 0 saturated carbocycles. The molecule has 0 bridgehead atoms. The Kier molecular flexibility index (Phi) is 3.90. The van der Waals surface area contributed by atoms with Crippen molar-refractivity contribution in [1.82, 2.24) is 30.1 Å². The molecule has 6 nitrogen and oxygen atoms in total. The van der Waals surface area contributed by atoms with Gasteiger partial charge < -0.3 is 4.98 Å². The van der Waals surface area contributed by atoms with E-state index in [2.05, 4.69) is 49.7 Å². The van der Waals surface area contributed by atoms with Gasteiger partial charge in [-0.15, -0.1) is 5.10 Å². The molecule has 1 aliphatic heterocycles. The molecule has 2 aromatic heterocycles. The van der Waals surface area contributed by atoms with Crippen molar-refractivity contribution in [3.8, 4) is 0 Å². The average molecular weight is 308 g/mol. The molecule has 6 heteroatoms. The Morgan fingerprint density at radius 1 is 1.09 bits per heavy atom. The second-order valence-corrected chi connectivity index (χ2v) is 5.99. The first-order valence-electron chi connectivity index (χ1n) is 8.06. The molecule has 0 amide bonds. The van der Waals surface area contributed by atoms with Gasteiger partial charge in [-0.05, 0) is 47.5 Å². The molecule has 0 radical (unpaired) electrons. The van der Waals surface area contributed by atoms with Gasteiger partial charge >= 0.3 is 0 Å². The maximum absolute atomic E-state index is 4.24. The van der Waals surface area contributed by atoms with Crippen molar-refractivity contribution < 1.29 is 0 Å². The number of aromatic amines is 1. The Morgan fingerprint density at radius 3 is 2.83 bits per heavy atom. The Labute approximate surface area is 135 Å². The monoisotopic (exact) mass is 308 g/mol. The summed E-state index contributed by atoms with van der Waals surface area (Å²) in [5.74, 6) is 0.923. The van der Waals surface area contributed by atoms with Gasteiger partial charge in [0.2, 0.25) is 0 Å². The van der Waals surface area contributed by atoms with E-state index in [1.807, 2.05) is 29.1 Å². The largest absolute Gasteiger partial charge is 0.364 e. The number of rotatable bonds is 5. The van der Waals surface area contributed by atoms with Crippen LogP contribution in [-0.2, 0) is 13.1 Å². The second-order valence-electron chi connectivity index (χ2n) is 5.99. The maximum Gasteiger partial charge on any atom is 0.165 e. The summed E-state index contributed by atoms with van der Waals surface area (Å²) in [6.07, 6.45) is 4.38. The van der Waals surface area contributed by atoms with Crippen LogP contribution in [0.1, 0.15) is 36.0 Å². The summed E-state index contributed by atoms with van der Waals surface area (Å²) in [4.78, 5) is 5.80. The summed E-state index contributed by atoms with van der Waals surface area (Å²) in [5.41, 5.74) is 2.49. The van der Waals surface area contributed by atoms with Gasteiger partial charge in [0.25, 0.3) is 0 Å². The van der Waals surface area contributed by atoms with Crippen LogP contribution < -0.4 is 0 Å². The van der Waals surface area contributed by atoms with Gasteiger partial charge in [-0.25, -0.2) is 4.68 Å². The van der Waals surface area contributed by atoms with Gasteiger partial charge in [-0.3, -0.25) is 4.90 Å². The van der Waals surface area contributed by atoms with Crippen molar-refractivity contribution in [3.05, 3.63) is 65.7 Å². The lowest BCUT2D eigenvalue weighted by molar-refractivity contribution is 0.234. The highest BCUT2D eigenvalue weighted by molar-refractivity contribution is 5.15. The van der Waals surface area contributed by atoms with Crippen LogP contribution in [-0.4, -0.2) is 36.6 Å². The van der Waals surface area contributed by atoms with Crippen molar-refractivity contribution in [2.75, 3.05) is 6.54 Å². The molecule has 4 rings (SSSR count). The predicted molar refractivity (Wildman–Crippen MR) is 86.5 cm³/mol. The number of benzene rings is 1. The number of hydrogen-bond donors (Lipinski definition) is 1. The number of likely N-dealkylation sites (tertiary alicyclic amines) is 1. The van der Waals surface area contributed by atoms with E-state index in [4.69, 9.17) is 0 Å². The lowest BCUT2D eigenvalue weighted by atomic mass is 10.1. The first-order chi connectivity index (χ1) is 11.4. The number of nitrogens with one attached hydrogen (secondary N) is 1. The summed E-state index contributed by atoms with van der Waals surface area (Å²) in [6, 6.07) is 15.0. The number of hydrogen-bond acceptors (Lipinski definition) is 4. The summed E-state index contributed by atoms with van der Waals surface area (Å²) in [5, 5.41) is 12.3. The number of aromatic nitrogens is 5. The van der Waals surface area contributed by atoms with Crippen LogP contribution in [0.5, 0.6) is 0 Å². The summed E-state index contributed by atoms with van der Waals surface area (Å²) in [7, 11) is 0. The average Bonchev–Trinajstić information content (AvgIpc) is 3.31. The van der Waals surface area contributed by atoms with Crippen LogP contribution in [0.3, 0.4) is 0 Å². The van der Waals surface area contributed by atoms with E-state index in [-0.39, 0.29) is 0 Å². The van der Waals surface area contributed by atoms with Gasteiger partial charge in [0.05, 0.1) is 19.1 Å². The van der Waals surface area contributed by atoms with E-state index < -0.39 is 0 Å². The third kappa shape index (κ3) is 3.03. The Balaban J connectivity index is 1.50. The van der Waals surface area contributed by atoms with E-state index in [0.717, 1.165) is 18.9 Å². The fourth-order valence-electron chi connectivity index (χ4n) is 3.32. The maximum atomic E-state index is 4.24. The van der Waals surface area contributed by atoms with E-state index in [1.54, 1.807) is 0 Å². The predicted octanol–water partition coefficient (Wildman–Crippen LogP) is 2.39. The fourth-order valence-corrected chi connectivity index (χ4v) is 3.32. The zero-order chi connectivity index (χ0) is 15.5. The smallest absolute Gasteiger partial charge is 0.165 e. The van der Waals surface area contributed by atoms with Crippen LogP contribution in [0.2, 0.25) is 0 Å². The van der Waals surface area contributed by atoms with Crippen LogP contribution in [0.4, 0.5) is 0 Å². The third-order valence-corrected chi connectivity index (χ3v) is 4.47. The Morgan fingerprint density at radius 2 is 2.00 bits per heavy atom. The normalized spacial score (nSPS) is 18.5.